The van der Waals surface area contributed by atoms with Crippen molar-refractivity contribution in [2.45, 2.75) is 31.8 Å². The Morgan fingerprint density at radius 3 is 2.32 bits per heavy atom. The van der Waals surface area contributed by atoms with E-state index < -0.39 is 11.2 Å². The zero-order chi connectivity index (χ0) is 29.0. The molecule has 1 saturated carbocycles. The van der Waals surface area contributed by atoms with E-state index >= 15 is 0 Å². The summed E-state index contributed by atoms with van der Waals surface area (Å²) < 4.78 is 3.54. The highest BCUT2D eigenvalue weighted by atomic mass is 35.5. The molecule has 1 aliphatic heterocycles. The maximum atomic E-state index is 14.0. The number of nitrogens with zero attached hydrogens (tertiary/aromatic N) is 6. The maximum Gasteiger partial charge on any atom is 0.332 e. The Kier molecular flexibility index (Phi) is 7.13. The zero-order valence-corrected chi connectivity index (χ0v) is 24.5. The number of carbonyl (C=O) groups is 1. The second-order valence-electron chi connectivity index (χ2n) is 10.3. The summed E-state index contributed by atoms with van der Waals surface area (Å²) in [7, 11) is 2.88. The van der Waals surface area contributed by atoms with E-state index in [1.165, 1.54) is 28.2 Å². The quantitative estimate of drug-likeness (QED) is 0.296. The Morgan fingerprint density at radius 1 is 0.976 bits per heavy atom. The number of hydrogen-bond acceptors (Lipinski definition) is 5. The van der Waals surface area contributed by atoms with Crippen LogP contribution in [0, 0.1) is 5.92 Å². The summed E-state index contributed by atoms with van der Waals surface area (Å²) in [5.74, 6) is -0.397. The van der Waals surface area contributed by atoms with Crippen LogP contribution in [0.2, 0.25) is 15.3 Å². The highest BCUT2D eigenvalue weighted by Crippen LogP contribution is 2.44. The molecule has 2 aromatic heterocycles. The molecule has 2 aromatic carbocycles. The summed E-state index contributed by atoms with van der Waals surface area (Å²) in [6, 6.07) is 14.6. The smallest absolute Gasteiger partial charge is 0.299 e. The summed E-state index contributed by atoms with van der Waals surface area (Å²) in [5.41, 5.74) is 2.89. The average Bonchev–Trinajstić information content (AvgIpc) is 3.51. The normalized spacial score (nSPS) is 19.6. The van der Waals surface area contributed by atoms with Crippen LogP contribution in [0.5, 0.6) is 0 Å². The van der Waals surface area contributed by atoms with Crippen LogP contribution in [-0.2, 0) is 25.4 Å². The van der Waals surface area contributed by atoms with Gasteiger partial charge in [-0.1, -0.05) is 47.5 Å². The largest absolute Gasteiger partial charge is 0.332 e. The number of allylic oxidation sites excluding steroid dienone is 1. The van der Waals surface area contributed by atoms with Crippen molar-refractivity contribution in [3.8, 4) is 0 Å². The number of rotatable bonds is 4. The van der Waals surface area contributed by atoms with E-state index in [0.717, 1.165) is 46.2 Å². The van der Waals surface area contributed by atoms with Gasteiger partial charge in [0.15, 0.2) is 11.2 Å². The van der Waals surface area contributed by atoms with Gasteiger partial charge in [0.2, 0.25) is 5.28 Å². The van der Waals surface area contributed by atoms with Gasteiger partial charge in [-0.15, -0.1) is 0 Å². The molecule has 2 unspecified atom stereocenters. The molecule has 210 valence electrons. The van der Waals surface area contributed by atoms with E-state index in [1.54, 1.807) is 12.1 Å². The number of aromatic nitrogens is 4. The van der Waals surface area contributed by atoms with Gasteiger partial charge < -0.3 is 0 Å². The molecule has 2 atom stereocenters. The van der Waals surface area contributed by atoms with Gasteiger partial charge >= 0.3 is 5.69 Å². The fraction of sp³-hybridized carbons (Fsp3) is 0.276. The van der Waals surface area contributed by atoms with E-state index in [0.29, 0.717) is 10.0 Å². The van der Waals surface area contributed by atoms with Crippen LogP contribution in [0.1, 0.15) is 36.4 Å². The van der Waals surface area contributed by atoms with Gasteiger partial charge in [-0.05, 0) is 77.9 Å². The van der Waals surface area contributed by atoms with Gasteiger partial charge in [0.1, 0.15) is 6.54 Å². The van der Waals surface area contributed by atoms with Crippen molar-refractivity contribution < 1.29 is 4.79 Å². The third kappa shape index (κ3) is 4.81. The van der Waals surface area contributed by atoms with Crippen molar-refractivity contribution in [2.24, 2.45) is 25.1 Å². The van der Waals surface area contributed by atoms with E-state index in [1.807, 2.05) is 36.4 Å². The lowest BCUT2D eigenvalue weighted by atomic mass is 9.77. The molecule has 0 saturated heterocycles. The molecule has 2 aliphatic rings. The fourth-order valence-corrected chi connectivity index (χ4v) is 6.21. The minimum atomic E-state index is -0.584. The van der Waals surface area contributed by atoms with Gasteiger partial charge in [-0.2, -0.15) is 10.1 Å². The molecule has 0 N–H and O–H groups in total. The minimum Gasteiger partial charge on any atom is -0.299 e. The summed E-state index contributed by atoms with van der Waals surface area (Å²) in [6.07, 6.45) is 4.72. The lowest BCUT2D eigenvalue weighted by Gasteiger charge is -2.29. The number of amides is 1. The molecule has 9 nitrogen and oxygen atoms in total. The summed E-state index contributed by atoms with van der Waals surface area (Å²) in [6.45, 7) is -0.285. The molecule has 0 radical (unpaired) electrons. The lowest BCUT2D eigenvalue weighted by molar-refractivity contribution is -0.134. The molecule has 12 heteroatoms. The van der Waals surface area contributed by atoms with E-state index in [-0.39, 0.29) is 40.9 Å². The molecule has 1 fully saturated rings. The number of fused-ring (bicyclic) bond motifs is 2. The van der Waals surface area contributed by atoms with Crippen LogP contribution in [-0.4, -0.2) is 35.3 Å². The van der Waals surface area contributed by atoms with Crippen LogP contribution >= 0.6 is 34.8 Å². The summed E-state index contributed by atoms with van der Waals surface area (Å²) in [5, 5.41) is 7.59. The van der Waals surface area contributed by atoms with Crippen molar-refractivity contribution in [1.29, 1.82) is 0 Å². The molecule has 3 heterocycles. The molecule has 41 heavy (non-hydrogen) atoms. The molecule has 0 bridgehead atoms. The number of imidazole rings is 1. The standard InChI is InChI=1S/C29H25Cl3N6O3/c1-35-26-25(27(40)36(2)29(35)41)37(28(32)33-26)15-22(39)38-24(17-8-12-20(31)13-9-17)21-5-3-4-18(23(21)34-38)14-16-6-10-19(30)11-7-16/h6-14,21,24H,3-5,15H2,1-2H3/b18-14-. The van der Waals surface area contributed by atoms with E-state index in [9.17, 15) is 14.4 Å². The van der Waals surface area contributed by atoms with Crippen LogP contribution in [0.4, 0.5) is 0 Å². The van der Waals surface area contributed by atoms with Crippen molar-refractivity contribution in [3.63, 3.8) is 0 Å². The first-order valence-corrected chi connectivity index (χ1v) is 14.2. The highest BCUT2D eigenvalue weighted by Gasteiger charge is 2.44. The first-order valence-electron chi connectivity index (χ1n) is 13.1. The molecule has 1 amide bonds. The predicted molar refractivity (Wildman–Crippen MR) is 160 cm³/mol. The van der Waals surface area contributed by atoms with Gasteiger partial charge in [-0.3, -0.25) is 23.3 Å². The number of hydrazone groups is 1. The second kappa shape index (κ2) is 10.6. The number of carbonyl (C=O) groups excluding carboxylic acids is 1. The number of benzene rings is 2. The Balaban J connectivity index is 1.43. The summed E-state index contributed by atoms with van der Waals surface area (Å²) >= 11 is 18.7. The first kappa shape index (κ1) is 27.5. The van der Waals surface area contributed by atoms with Crippen molar-refractivity contribution >= 4 is 63.7 Å². The van der Waals surface area contributed by atoms with Gasteiger partial charge in [-0.25, -0.2) is 9.80 Å². The molecular formula is C29H25Cl3N6O3. The van der Waals surface area contributed by atoms with Gasteiger partial charge in [0.25, 0.3) is 11.5 Å². The number of hydrogen-bond donors (Lipinski definition) is 0. The Labute approximate surface area is 249 Å². The Morgan fingerprint density at radius 2 is 1.63 bits per heavy atom. The molecule has 6 rings (SSSR count). The van der Waals surface area contributed by atoms with Crippen LogP contribution in [0.3, 0.4) is 0 Å². The maximum absolute atomic E-state index is 14.0. The second-order valence-corrected chi connectivity index (χ2v) is 11.5. The third-order valence-corrected chi connectivity index (χ3v) is 8.57. The Hall–Kier alpha value is -3.66. The van der Waals surface area contributed by atoms with Crippen molar-refractivity contribution in [1.82, 2.24) is 23.7 Å². The van der Waals surface area contributed by atoms with Crippen molar-refractivity contribution in [3.05, 3.63) is 101 Å². The van der Waals surface area contributed by atoms with Crippen LogP contribution < -0.4 is 11.2 Å². The molecule has 0 spiro atoms. The SMILES string of the molecule is Cn1c(=O)c2c(nc(Cl)n2CC(=O)N2N=C3/C(=C\c4ccc(Cl)cc4)CCCC3C2c2ccc(Cl)cc2)n(C)c1=O. The zero-order valence-electron chi connectivity index (χ0n) is 22.2. The van der Waals surface area contributed by atoms with Crippen LogP contribution in [0.15, 0.2) is 68.8 Å². The van der Waals surface area contributed by atoms with Gasteiger partial charge in [0.05, 0.1) is 11.8 Å². The monoisotopic (exact) mass is 610 g/mol. The topological polar surface area (TPSA) is 94.5 Å². The van der Waals surface area contributed by atoms with Crippen LogP contribution in [0.25, 0.3) is 17.2 Å². The van der Waals surface area contributed by atoms with E-state index in [2.05, 4.69) is 11.1 Å². The average molecular weight is 612 g/mol. The fourth-order valence-electron chi connectivity index (χ4n) is 5.73. The molecule has 1 aliphatic carbocycles. The molecular weight excluding hydrogens is 587 g/mol. The minimum absolute atomic E-state index is 0.0314. The van der Waals surface area contributed by atoms with Crippen molar-refractivity contribution in [2.75, 3.05) is 0 Å². The molecule has 4 aromatic rings. The van der Waals surface area contributed by atoms with E-state index in [4.69, 9.17) is 39.9 Å². The lowest BCUT2D eigenvalue weighted by Crippen LogP contribution is -2.38. The first-order chi connectivity index (χ1) is 19.6. The van der Waals surface area contributed by atoms with Gasteiger partial charge in [0, 0.05) is 30.1 Å². The predicted octanol–water partition coefficient (Wildman–Crippen LogP) is 5.22. The highest BCUT2D eigenvalue weighted by molar-refractivity contribution is 6.31. The third-order valence-electron chi connectivity index (χ3n) is 7.77. The number of aryl methyl sites for hydroxylation is 1. The Bertz CT molecular complexity index is 1870. The summed E-state index contributed by atoms with van der Waals surface area (Å²) in [4.78, 5) is 43.7. The number of halogens is 3.